The third-order valence-electron chi connectivity index (χ3n) is 16.1. The Bertz CT molecular complexity index is 5280. The zero-order valence-corrected chi connectivity index (χ0v) is 45.6. The van der Waals surface area contributed by atoms with Gasteiger partial charge in [-0.15, -0.1) is 0 Å². The normalized spacial score (nSPS) is 11.3. The van der Waals surface area contributed by atoms with Gasteiger partial charge in [0.2, 0.25) is 0 Å². The molecular weight excluding hydrogens is 1040 g/mol. The van der Waals surface area contributed by atoms with Gasteiger partial charge in [-0.3, -0.25) is 0 Å². The lowest BCUT2D eigenvalue weighted by atomic mass is 9.97. The molecule has 0 spiro atoms. The maximum atomic E-state index is 12.5. The van der Waals surface area contributed by atoms with Crippen molar-refractivity contribution in [2.45, 2.75) is 6.42 Å². The van der Waals surface area contributed by atoms with E-state index < -0.39 is 5.82 Å². The van der Waals surface area contributed by atoms with Crippen LogP contribution in [0.2, 0.25) is 0 Å². The Labute approximate surface area is 489 Å². The number of nitrogens with zero attached hydrogens (tertiary/aromatic N) is 7. The second-order valence-corrected chi connectivity index (χ2v) is 21.0. The maximum Gasteiger partial charge on any atom is 0.191 e. The van der Waals surface area contributed by atoms with Crippen molar-refractivity contribution in [2.75, 3.05) is 0 Å². The van der Waals surface area contributed by atoms with Crippen LogP contribution >= 0.6 is 0 Å². The molecule has 0 bridgehead atoms. The van der Waals surface area contributed by atoms with Crippen LogP contribution in [-0.4, -0.2) is 13.7 Å². The molecule has 3 aromatic heterocycles. The van der Waals surface area contributed by atoms with Crippen molar-refractivity contribution in [1.82, 2.24) is 13.7 Å². The van der Waals surface area contributed by atoms with E-state index in [1.807, 2.05) is 24.3 Å². The fourth-order valence-electron chi connectivity index (χ4n) is 12.3. The lowest BCUT2D eigenvalue weighted by Crippen LogP contribution is -1.94. The molecule has 0 unspecified atom stereocenters. The summed E-state index contributed by atoms with van der Waals surface area (Å²) in [6.07, 6.45) is 1.04. The van der Waals surface area contributed by atoms with Crippen LogP contribution in [0.4, 0.5) is 15.8 Å². The summed E-state index contributed by atoms with van der Waals surface area (Å²) in [6.45, 7) is 14.1. The van der Waals surface area contributed by atoms with Crippen molar-refractivity contribution in [3.63, 3.8) is 0 Å². The minimum atomic E-state index is -0.546. The Morgan fingerprint density at radius 1 is 0.329 bits per heavy atom. The van der Waals surface area contributed by atoms with Gasteiger partial charge in [0.15, 0.2) is 11.4 Å². The van der Waals surface area contributed by atoms with E-state index in [9.17, 15) is 9.65 Å². The molecule has 0 atom stereocenters. The van der Waals surface area contributed by atoms with Crippen molar-refractivity contribution >= 4 is 76.8 Å². The highest BCUT2D eigenvalue weighted by Gasteiger charge is 2.21. The van der Waals surface area contributed by atoms with Crippen molar-refractivity contribution in [2.24, 2.45) is 0 Å². The summed E-state index contributed by atoms with van der Waals surface area (Å²) < 4.78 is 19.4. The summed E-state index contributed by atoms with van der Waals surface area (Å²) in [7, 11) is 0. The molecule has 0 saturated heterocycles. The summed E-state index contributed by atoms with van der Waals surface area (Å²) in [5, 5.41) is 25.3. The maximum absolute atomic E-state index is 12.5. The summed E-state index contributed by atoms with van der Waals surface area (Å²) >= 11 is 0. The Kier molecular flexibility index (Phi) is 12.9. The van der Waals surface area contributed by atoms with Gasteiger partial charge in [-0.25, -0.2) is 14.1 Å². The van der Waals surface area contributed by atoms with Gasteiger partial charge >= 0.3 is 0 Å². The number of hydrogen-bond acceptors (Lipinski definition) is 2. The molecule has 16 rings (SSSR count). The van der Waals surface area contributed by atoms with E-state index in [1.165, 1.54) is 88.7 Å². The van der Waals surface area contributed by atoms with Crippen LogP contribution in [0.15, 0.2) is 267 Å². The van der Waals surface area contributed by atoms with E-state index in [4.69, 9.17) is 18.4 Å². The monoisotopic (exact) mass is 1090 g/mol. The van der Waals surface area contributed by atoms with Crippen LogP contribution in [0.3, 0.4) is 0 Å². The molecule has 0 saturated carbocycles. The van der Waals surface area contributed by atoms with Crippen LogP contribution in [0.1, 0.15) is 22.3 Å². The van der Waals surface area contributed by atoms with Gasteiger partial charge in [0.25, 0.3) is 0 Å². The number of halogens is 1. The molecule has 15 aromatic rings. The van der Waals surface area contributed by atoms with Crippen molar-refractivity contribution in [1.29, 1.82) is 10.5 Å². The van der Waals surface area contributed by atoms with E-state index >= 15 is 0 Å². The Hall–Kier alpha value is -12.1. The number of aromatic nitrogens is 3. The Morgan fingerprint density at radius 3 is 1.21 bits per heavy atom. The second-order valence-electron chi connectivity index (χ2n) is 21.0. The SMILES string of the molecule is [C-]#[N+]c1cc(C#N)cc(-n2c3ccccc3c3cc(-c4ccc5c(c4)c4ccccc4n5-c4ccccc4)ccc32)c1.[C-]#[N+]c1cc(F)cc(C#N)c1.c1ccc(-n2c3ccccc3c3cc(-c4ccc5c(c4)-c4ccccc4C5)ccc32)cc1. The highest BCUT2D eigenvalue weighted by atomic mass is 19.1. The average molecular weight is 1090 g/mol. The second kappa shape index (κ2) is 21.4. The van der Waals surface area contributed by atoms with Crippen LogP contribution in [0.5, 0.6) is 0 Å². The van der Waals surface area contributed by atoms with Crippen molar-refractivity contribution in [3.05, 3.63) is 318 Å². The van der Waals surface area contributed by atoms with Gasteiger partial charge in [0.05, 0.1) is 58.4 Å². The number of benzene rings is 12. The molecule has 0 N–H and O–H groups in total. The largest absolute Gasteiger partial charge is 0.310 e. The number of rotatable bonds is 5. The van der Waals surface area contributed by atoms with Gasteiger partial charge in [0, 0.05) is 60.5 Å². The lowest BCUT2D eigenvalue weighted by molar-refractivity contribution is 0.628. The topological polar surface area (TPSA) is 71.1 Å². The predicted molar refractivity (Wildman–Crippen MR) is 343 cm³/mol. The molecule has 0 aliphatic heterocycles. The molecule has 8 heteroatoms. The molecule has 0 amide bonds. The van der Waals surface area contributed by atoms with Gasteiger partial charge in [-0.1, -0.05) is 146 Å². The molecule has 85 heavy (non-hydrogen) atoms. The van der Waals surface area contributed by atoms with Gasteiger partial charge < -0.3 is 13.7 Å². The highest BCUT2D eigenvalue weighted by molar-refractivity contribution is 6.13. The van der Waals surface area contributed by atoms with E-state index in [-0.39, 0.29) is 11.3 Å². The Morgan fingerprint density at radius 2 is 0.718 bits per heavy atom. The first kappa shape index (κ1) is 51.1. The number of para-hydroxylation sites is 5. The first-order valence-corrected chi connectivity index (χ1v) is 27.8. The molecule has 396 valence electrons. The fourth-order valence-corrected chi connectivity index (χ4v) is 12.3. The first-order chi connectivity index (χ1) is 41.9. The molecule has 0 fully saturated rings. The van der Waals surface area contributed by atoms with E-state index in [0.29, 0.717) is 11.3 Å². The lowest BCUT2D eigenvalue weighted by Gasteiger charge is -2.10. The predicted octanol–water partition coefficient (Wildman–Crippen LogP) is 20.2. The number of fused-ring (bicyclic) bond motifs is 12. The molecule has 1 aliphatic rings. The number of hydrogen-bond donors (Lipinski definition) is 0. The molecule has 12 aromatic carbocycles. The summed E-state index contributed by atoms with van der Waals surface area (Å²) in [6, 6.07) is 95.5. The smallest absolute Gasteiger partial charge is 0.191 e. The zero-order valence-electron chi connectivity index (χ0n) is 45.6. The van der Waals surface area contributed by atoms with Crippen molar-refractivity contribution < 1.29 is 4.39 Å². The van der Waals surface area contributed by atoms with Gasteiger partial charge in [-0.2, -0.15) is 10.5 Å². The Balaban J connectivity index is 0.000000131. The highest BCUT2D eigenvalue weighted by Crippen LogP contribution is 2.42. The summed E-state index contributed by atoms with van der Waals surface area (Å²) in [5.41, 5.74) is 21.8. The standard InChI is InChI=1S/C38H22N4.C31H21N.C8H3FN2/c1-40-28-19-25(24-39)20-30(23-28)42-36-14-8-6-12-32(36)34-22-27(16-18-38(34)42)26-15-17-37-33(21-26)31-11-5-7-13-35(31)41(37)29-9-3-2-4-10-29;1-2-9-25(10-3-1)32-30-13-7-6-12-27(30)29-20-22(16-17-31(29)32)21-14-15-24-18-23-8-4-5-11-26(23)28(24)19-21;1-11-8-3-6(5-10)2-7(9)4-8/h2-23H;1-17,19-20H,18H2;2-4H. The molecule has 0 radical (unpaired) electrons. The van der Waals surface area contributed by atoms with E-state index in [0.717, 1.165) is 62.9 Å². The molecule has 3 heterocycles. The fraction of sp³-hybridized carbons (Fsp3) is 0.0130. The van der Waals surface area contributed by atoms with Crippen molar-refractivity contribution in [3.8, 4) is 62.6 Å². The number of nitriles is 2. The van der Waals surface area contributed by atoms with E-state index in [1.54, 1.807) is 12.1 Å². The first-order valence-electron chi connectivity index (χ1n) is 27.8. The zero-order chi connectivity index (χ0) is 57.5. The molecular formula is C77H46FN7. The van der Waals surface area contributed by atoms with Crippen LogP contribution in [-0.2, 0) is 6.42 Å². The van der Waals surface area contributed by atoms with Crippen LogP contribution in [0.25, 0.3) is 126 Å². The molecule has 1 aliphatic carbocycles. The van der Waals surface area contributed by atoms with Crippen LogP contribution in [0, 0.1) is 41.6 Å². The molecule has 7 nitrogen and oxygen atoms in total. The van der Waals surface area contributed by atoms with Gasteiger partial charge in [-0.05, 0) is 172 Å². The third kappa shape index (κ3) is 9.16. The average Bonchev–Trinajstić information content (AvgIpc) is 2.46. The van der Waals surface area contributed by atoms with Crippen LogP contribution < -0.4 is 0 Å². The van der Waals surface area contributed by atoms with E-state index in [2.05, 4.69) is 248 Å². The van der Waals surface area contributed by atoms with Gasteiger partial charge in [0.1, 0.15) is 5.82 Å². The quantitative estimate of drug-likeness (QED) is 0.161. The minimum Gasteiger partial charge on any atom is -0.310 e. The summed E-state index contributed by atoms with van der Waals surface area (Å²) in [5.74, 6) is -0.546. The third-order valence-corrected chi connectivity index (χ3v) is 16.1. The minimum absolute atomic E-state index is 0.154. The summed E-state index contributed by atoms with van der Waals surface area (Å²) in [4.78, 5) is 6.61.